The number of amides is 1. The molecule has 1 N–H and O–H groups in total. The van der Waals surface area contributed by atoms with E-state index in [1.54, 1.807) is 14.2 Å². The molecule has 0 aromatic heterocycles. The third-order valence-corrected chi connectivity index (χ3v) is 5.34. The van der Waals surface area contributed by atoms with Crippen molar-refractivity contribution in [2.45, 2.75) is 38.6 Å². The number of anilines is 1. The molecule has 1 atom stereocenters. The first-order valence-electron chi connectivity index (χ1n) is 9.93. The van der Waals surface area contributed by atoms with E-state index in [-0.39, 0.29) is 11.9 Å². The van der Waals surface area contributed by atoms with E-state index >= 15 is 0 Å². The van der Waals surface area contributed by atoms with Crippen LogP contribution in [0.1, 0.15) is 42.9 Å². The van der Waals surface area contributed by atoms with Crippen LogP contribution in [0, 0.1) is 6.92 Å². The van der Waals surface area contributed by atoms with E-state index < -0.39 is 0 Å². The van der Waals surface area contributed by atoms with Gasteiger partial charge in [0.25, 0.3) is 0 Å². The van der Waals surface area contributed by atoms with Crippen LogP contribution in [-0.2, 0) is 4.79 Å². The maximum Gasteiger partial charge on any atom is 0.238 e. The number of methoxy groups -OCH3 is 2. The highest BCUT2D eigenvalue weighted by Crippen LogP contribution is 2.31. The Labute approximate surface area is 167 Å². The molecule has 1 heterocycles. The van der Waals surface area contributed by atoms with E-state index in [4.69, 9.17) is 9.47 Å². The van der Waals surface area contributed by atoms with Crippen LogP contribution in [0.5, 0.6) is 11.5 Å². The van der Waals surface area contributed by atoms with Crippen molar-refractivity contribution in [2.75, 3.05) is 32.6 Å². The average molecular weight is 383 g/mol. The minimum atomic E-state index is -0.00990. The minimum Gasteiger partial charge on any atom is -0.497 e. The lowest BCUT2D eigenvalue weighted by Gasteiger charge is -2.30. The molecule has 0 saturated carbocycles. The Bertz CT molecular complexity index is 789. The Morgan fingerprint density at radius 1 is 1.07 bits per heavy atom. The fourth-order valence-corrected chi connectivity index (χ4v) is 3.85. The number of benzene rings is 2. The molecular weight excluding hydrogens is 352 g/mol. The number of nitrogens with zero attached hydrogens (tertiary/aromatic N) is 1. The number of hydrogen-bond donors (Lipinski definition) is 1. The molecular formula is C23H30N2O3. The Hall–Kier alpha value is -2.53. The van der Waals surface area contributed by atoms with Gasteiger partial charge in [-0.15, -0.1) is 0 Å². The van der Waals surface area contributed by atoms with Gasteiger partial charge in [0.15, 0.2) is 0 Å². The summed E-state index contributed by atoms with van der Waals surface area (Å²) < 4.78 is 10.7. The van der Waals surface area contributed by atoms with E-state index in [0.717, 1.165) is 36.4 Å². The van der Waals surface area contributed by atoms with E-state index in [1.165, 1.54) is 18.4 Å². The van der Waals surface area contributed by atoms with Gasteiger partial charge in [0, 0.05) is 6.04 Å². The normalized spacial score (nSPS) is 17.6. The molecule has 5 heteroatoms. The van der Waals surface area contributed by atoms with Gasteiger partial charge in [-0.05, 0) is 61.7 Å². The fourth-order valence-electron chi connectivity index (χ4n) is 3.85. The van der Waals surface area contributed by atoms with Gasteiger partial charge >= 0.3 is 0 Å². The number of nitrogens with one attached hydrogen (secondary N) is 1. The first kappa shape index (κ1) is 20.2. The molecule has 2 aromatic carbocycles. The molecule has 1 aliphatic heterocycles. The maximum absolute atomic E-state index is 12.8. The van der Waals surface area contributed by atoms with E-state index in [1.807, 2.05) is 37.3 Å². The standard InChI is InChI=1S/C23H30N2O3/c1-17-8-13-22(28-3)20(15-17)24-23(26)16-25-14-6-4-5-7-21(25)18-9-11-19(27-2)12-10-18/h8-13,15,21H,4-7,14,16H2,1-3H3,(H,24,26)/t21-/m0/s1. The van der Waals surface area contributed by atoms with Crippen molar-refractivity contribution in [1.29, 1.82) is 0 Å². The van der Waals surface area contributed by atoms with Crippen molar-refractivity contribution < 1.29 is 14.3 Å². The number of aryl methyl sites for hydroxylation is 1. The lowest BCUT2D eigenvalue weighted by atomic mass is 10.0. The molecule has 0 radical (unpaired) electrons. The van der Waals surface area contributed by atoms with Crippen molar-refractivity contribution in [3.05, 3.63) is 53.6 Å². The summed E-state index contributed by atoms with van der Waals surface area (Å²) in [4.78, 5) is 15.1. The molecule has 0 aliphatic carbocycles. The predicted molar refractivity (Wildman–Crippen MR) is 112 cm³/mol. The van der Waals surface area contributed by atoms with Crippen LogP contribution >= 0.6 is 0 Å². The highest BCUT2D eigenvalue weighted by atomic mass is 16.5. The van der Waals surface area contributed by atoms with Gasteiger partial charge in [0.1, 0.15) is 11.5 Å². The van der Waals surface area contributed by atoms with Gasteiger partial charge in [0.2, 0.25) is 5.91 Å². The Morgan fingerprint density at radius 3 is 2.57 bits per heavy atom. The van der Waals surface area contributed by atoms with Crippen molar-refractivity contribution in [3.63, 3.8) is 0 Å². The monoisotopic (exact) mass is 382 g/mol. The lowest BCUT2D eigenvalue weighted by molar-refractivity contribution is -0.117. The molecule has 0 bridgehead atoms. The molecule has 1 fully saturated rings. The van der Waals surface area contributed by atoms with Crippen molar-refractivity contribution in [2.24, 2.45) is 0 Å². The number of carbonyl (C=O) groups is 1. The third kappa shape index (κ3) is 5.04. The smallest absolute Gasteiger partial charge is 0.238 e. The second-order valence-corrected chi connectivity index (χ2v) is 7.36. The molecule has 1 aliphatic rings. The number of likely N-dealkylation sites (tertiary alicyclic amines) is 1. The molecule has 0 spiro atoms. The second-order valence-electron chi connectivity index (χ2n) is 7.36. The third-order valence-electron chi connectivity index (χ3n) is 5.34. The summed E-state index contributed by atoms with van der Waals surface area (Å²) in [6, 6.07) is 14.3. The van der Waals surface area contributed by atoms with Crippen molar-refractivity contribution >= 4 is 11.6 Å². The van der Waals surface area contributed by atoms with Crippen LogP contribution in [0.3, 0.4) is 0 Å². The molecule has 28 heavy (non-hydrogen) atoms. The van der Waals surface area contributed by atoms with Crippen LogP contribution in [0.15, 0.2) is 42.5 Å². The zero-order valence-corrected chi connectivity index (χ0v) is 17.0. The summed E-state index contributed by atoms with van der Waals surface area (Å²) >= 11 is 0. The van der Waals surface area contributed by atoms with Crippen molar-refractivity contribution in [3.8, 4) is 11.5 Å². The second kappa shape index (κ2) is 9.60. The summed E-state index contributed by atoms with van der Waals surface area (Å²) in [6.45, 7) is 3.30. The first-order valence-corrected chi connectivity index (χ1v) is 9.93. The topological polar surface area (TPSA) is 50.8 Å². The number of rotatable bonds is 6. The molecule has 2 aromatic rings. The van der Waals surface area contributed by atoms with Gasteiger partial charge in [-0.2, -0.15) is 0 Å². The predicted octanol–water partition coefficient (Wildman–Crippen LogP) is 4.57. The van der Waals surface area contributed by atoms with E-state index in [2.05, 4.69) is 22.3 Å². The molecule has 0 unspecified atom stereocenters. The van der Waals surface area contributed by atoms with Crippen LogP contribution in [-0.4, -0.2) is 38.1 Å². The van der Waals surface area contributed by atoms with Gasteiger partial charge in [-0.1, -0.05) is 31.0 Å². The maximum atomic E-state index is 12.8. The first-order chi connectivity index (χ1) is 13.6. The molecule has 150 valence electrons. The van der Waals surface area contributed by atoms with Gasteiger partial charge < -0.3 is 14.8 Å². The van der Waals surface area contributed by atoms with Gasteiger partial charge in [0.05, 0.1) is 26.5 Å². The summed E-state index contributed by atoms with van der Waals surface area (Å²) in [6.07, 6.45) is 4.57. The fraction of sp³-hybridized carbons (Fsp3) is 0.435. The van der Waals surface area contributed by atoms with Crippen molar-refractivity contribution in [1.82, 2.24) is 4.90 Å². The molecule has 1 amide bonds. The van der Waals surface area contributed by atoms with E-state index in [9.17, 15) is 4.79 Å². The summed E-state index contributed by atoms with van der Waals surface area (Å²) in [5.74, 6) is 1.53. The number of ether oxygens (including phenoxy) is 2. The molecule has 5 nitrogen and oxygen atoms in total. The largest absolute Gasteiger partial charge is 0.497 e. The summed E-state index contributed by atoms with van der Waals surface area (Å²) in [5.41, 5.74) is 3.05. The average Bonchev–Trinajstić information content (AvgIpc) is 2.93. The van der Waals surface area contributed by atoms with Gasteiger partial charge in [-0.25, -0.2) is 0 Å². The quantitative estimate of drug-likeness (QED) is 0.795. The van der Waals surface area contributed by atoms with E-state index in [0.29, 0.717) is 12.3 Å². The molecule has 3 rings (SSSR count). The summed E-state index contributed by atoms with van der Waals surface area (Å²) in [5, 5.41) is 3.03. The zero-order chi connectivity index (χ0) is 19.9. The van der Waals surface area contributed by atoms with Crippen LogP contribution < -0.4 is 14.8 Å². The highest BCUT2D eigenvalue weighted by Gasteiger charge is 2.25. The van der Waals surface area contributed by atoms with Crippen LogP contribution in [0.25, 0.3) is 0 Å². The number of hydrogen-bond acceptors (Lipinski definition) is 4. The minimum absolute atomic E-state index is 0.00990. The number of carbonyl (C=O) groups excluding carboxylic acids is 1. The Balaban J connectivity index is 1.73. The zero-order valence-electron chi connectivity index (χ0n) is 17.0. The highest BCUT2D eigenvalue weighted by molar-refractivity contribution is 5.93. The Kier molecular flexibility index (Phi) is 6.93. The van der Waals surface area contributed by atoms with Crippen LogP contribution in [0.2, 0.25) is 0 Å². The van der Waals surface area contributed by atoms with Crippen LogP contribution in [0.4, 0.5) is 5.69 Å². The lowest BCUT2D eigenvalue weighted by Crippen LogP contribution is -2.36. The van der Waals surface area contributed by atoms with Gasteiger partial charge in [-0.3, -0.25) is 9.69 Å². The SMILES string of the molecule is COc1ccc([C@@H]2CCCCCN2CC(=O)Nc2cc(C)ccc2OC)cc1. The Morgan fingerprint density at radius 2 is 1.86 bits per heavy atom. The summed E-state index contributed by atoms with van der Waals surface area (Å²) in [7, 11) is 3.30. The molecule has 1 saturated heterocycles.